The lowest BCUT2D eigenvalue weighted by Gasteiger charge is -2.20. The van der Waals surface area contributed by atoms with Crippen LogP contribution in [-0.2, 0) is 12.8 Å². The van der Waals surface area contributed by atoms with Gasteiger partial charge in [0.15, 0.2) is 0 Å². The van der Waals surface area contributed by atoms with Crippen molar-refractivity contribution < 1.29 is 4.79 Å². The van der Waals surface area contributed by atoms with Crippen LogP contribution in [0.5, 0.6) is 0 Å². The predicted molar refractivity (Wildman–Crippen MR) is 95.3 cm³/mol. The van der Waals surface area contributed by atoms with Crippen molar-refractivity contribution in [1.29, 1.82) is 0 Å². The first-order valence-electron chi connectivity index (χ1n) is 8.57. The van der Waals surface area contributed by atoms with Crippen LogP contribution in [0.2, 0.25) is 0 Å². The first-order chi connectivity index (χ1) is 10.9. The third-order valence-electron chi connectivity index (χ3n) is 4.45. The van der Waals surface area contributed by atoms with Gasteiger partial charge in [0.1, 0.15) is 5.82 Å². The van der Waals surface area contributed by atoms with E-state index >= 15 is 0 Å². The van der Waals surface area contributed by atoms with E-state index in [1.165, 1.54) is 12.0 Å². The molecule has 1 N–H and O–H groups in total. The minimum absolute atomic E-state index is 0.0649. The Morgan fingerprint density at radius 3 is 2.65 bits per heavy atom. The normalized spacial score (nSPS) is 15.2. The number of anilines is 1. The molecule has 5 nitrogen and oxygen atoms in total. The Bertz CT molecular complexity index is 554. The summed E-state index contributed by atoms with van der Waals surface area (Å²) >= 11 is 0. The minimum Gasteiger partial charge on any atom is -0.362 e. The van der Waals surface area contributed by atoms with Crippen molar-refractivity contribution in [2.24, 2.45) is 5.92 Å². The van der Waals surface area contributed by atoms with Crippen molar-refractivity contribution in [3.63, 3.8) is 0 Å². The zero-order chi connectivity index (χ0) is 17.0. The number of fused-ring (bicyclic) bond motifs is 1. The van der Waals surface area contributed by atoms with Crippen molar-refractivity contribution in [2.45, 2.75) is 33.1 Å². The van der Waals surface area contributed by atoms with Crippen molar-refractivity contribution >= 4 is 11.7 Å². The summed E-state index contributed by atoms with van der Waals surface area (Å²) in [5.74, 6) is 1.43. The average molecular weight is 318 g/mol. The summed E-state index contributed by atoms with van der Waals surface area (Å²) in [5, 5.41) is 2.72. The molecule has 0 saturated carbocycles. The molecule has 0 bridgehead atoms. The molecule has 2 rings (SSSR count). The van der Waals surface area contributed by atoms with Gasteiger partial charge in [0.25, 0.3) is 5.91 Å². The maximum atomic E-state index is 12.2. The van der Waals surface area contributed by atoms with Crippen LogP contribution in [0, 0.1) is 5.92 Å². The van der Waals surface area contributed by atoms with Crippen LogP contribution in [0.3, 0.4) is 0 Å². The number of aromatic nitrogens is 1. The Morgan fingerprint density at radius 1 is 1.35 bits per heavy atom. The molecule has 1 aromatic heterocycles. The Kier molecular flexibility index (Phi) is 5.99. The molecule has 0 saturated heterocycles. The molecule has 0 unspecified atom stereocenters. The third-order valence-corrected chi connectivity index (χ3v) is 4.45. The molecule has 128 valence electrons. The van der Waals surface area contributed by atoms with E-state index in [0.29, 0.717) is 5.56 Å². The molecule has 1 aliphatic rings. The van der Waals surface area contributed by atoms with E-state index in [4.69, 9.17) is 4.98 Å². The molecule has 0 radical (unpaired) electrons. The van der Waals surface area contributed by atoms with Crippen molar-refractivity contribution in [1.82, 2.24) is 15.2 Å². The van der Waals surface area contributed by atoms with Gasteiger partial charge >= 0.3 is 0 Å². The van der Waals surface area contributed by atoms with Gasteiger partial charge in [-0.05, 0) is 36.9 Å². The number of hydrogen-bond acceptors (Lipinski definition) is 4. The number of amides is 1. The number of nitrogens with one attached hydrogen (secondary N) is 1. The molecule has 0 spiro atoms. The standard InChI is InChI=1S/C18H30N4O/c1-13(2)6-9-22-10-7-14-12-15(18(23)19-3)17(21(4)5)20-16(14)8-11-22/h12-13H,6-11H2,1-5H3,(H,19,23). The third kappa shape index (κ3) is 4.44. The lowest BCUT2D eigenvalue weighted by molar-refractivity contribution is 0.0963. The van der Waals surface area contributed by atoms with Crippen LogP contribution in [0.1, 0.15) is 41.9 Å². The minimum atomic E-state index is -0.0649. The second-order valence-electron chi connectivity index (χ2n) is 6.96. The Morgan fingerprint density at radius 2 is 2.04 bits per heavy atom. The highest BCUT2D eigenvalue weighted by Gasteiger charge is 2.21. The molecule has 1 amide bonds. The summed E-state index contributed by atoms with van der Waals surface area (Å²) in [4.78, 5) is 21.4. The molecular weight excluding hydrogens is 288 g/mol. The summed E-state index contributed by atoms with van der Waals surface area (Å²) in [6, 6.07) is 2.04. The van der Waals surface area contributed by atoms with Crippen LogP contribution in [0.15, 0.2) is 6.07 Å². The number of rotatable bonds is 5. The maximum Gasteiger partial charge on any atom is 0.254 e. The van der Waals surface area contributed by atoms with Gasteiger partial charge in [-0.25, -0.2) is 4.98 Å². The molecule has 2 heterocycles. The van der Waals surface area contributed by atoms with Crippen molar-refractivity contribution in [3.05, 3.63) is 22.9 Å². The first kappa shape index (κ1) is 17.7. The molecule has 1 aromatic rings. The SMILES string of the molecule is CNC(=O)c1cc2c(nc1N(C)C)CCN(CCC(C)C)CC2. The van der Waals surface area contributed by atoms with Gasteiger partial charge in [0.2, 0.25) is 0 Å². The zero-order valence-electron chi connectivity index (χ0n) is 15.1. The van der Waals surface area contributed by atoms with Gasteiger partial charge in [-0.15, -0.1) is 0 Å². The van der Waals surface area contributed by atoms with Gasteiger partial charge < -0.3 is 15.1 Å². The van der Waals surface area contributed by atoms with Gasteiger partial charge in [-0.3, -0.25) is 4.79 Å². The molecule has 0 atom stereocenters. The van der Waals surface area contributed by atoms with E-state index in [1.54, 1.807) is 7.05 Å². The summed E-state index contributed by atoms with van der Waals surface area (Å²) in [5.41, 5.74) is 3.04. The topological polar surface area (TPSA) is 48.5 Å². The number of carbonyl (C=O) groups is 1. The van der Waals surface area contributed by atoms with E-state index in [2.05, 4.69) is 24.1 Å². The molecule has 0 aromatic carbocycles. The summed E-state index contributed by atoms with van der Waals surface area (Å²) < 4.78 is 0. The summed E-state index contributed by atoms with van der Waals surface area (Å²) in [7, 11) is 5.54. The van der Waals surface area contributed by atoms with Gasteiger partial charge in [0.05, 0.1) is 5.56 Å². The molecule has 0 fully saturated rings. The average Bonchev–Trinajstić information content (AvgIpc) is 2.72. The largest absolute Gasteiger partial charge is 0.362 e. The van der Waals surface area contributed by atoms with E-state index in [0.717, 1.165) is 49.9 Å². The predicted octanol–water partition coefficient (Wildman–Crippen LogP) is 1.95. The first-order valence-corrected chi connectivity index (χ1v) is 8.57. The lowest BCUT2D eigenvalue weighted by atomic mass is 10.0. The zero-order valence-corrected chi connectivity index (χ0v) is 15.1. The van der Waals surface area contributed by atoms with Crippen LogP contribution in [0.4, 0.5) is 5.82 Å². The number of nitrogens with zero attached hydrogens (tertiary/aromatic N) is 3. The van der Waals surface area contributed by atoms with E-state index in [1.807, 2.05) is 25.1 Å². The maximum absolute atomic E-state index is 12.2. The Labute approximate surface area is 140 Å². The quantitative estimate of drug-likeness (QED) is 0.901. The fraction of sp³-hybridized carbons (Fsp3) is 0.667. The fourth-order valence-electron chi connectivity index (χ4n) is 2.98. The molecule has 5 heteroatoms. The smallest absolute Gasteiger partial charge is 0.254 e. The summed E-state index contributed by atoms with van der Waals surface area (Å²) in [6.07, 6.45) is 3.16. The van der Waals surface area contributed by atoms with Crippen LogP contribution < -0.4 is 10.2 Å². The highest BCUT2D eigenvalue weighted by Crippen LogP contribution is 2.23. The fourth-order valence-corrected chi connectivity index (χ4v) is 2.98. The lowest BCUT2D eigenvalue weighted by Crippen LogP contribution is -2.28. The number of hydrogen-bond donors (Lipinski definition) is 1. The Balaban J connectivity index is 2.22. The van der Waals surface area contributed by atoms with Crippen molar-refractivity contribution in [3.8, 4) is 0 Å². The highest BCUT2D eigenvalue weighted by molar-refractivity contribution is 5.99. The second-order valence-corrected chi connectivity index (χ2v) is 6.96. The molecule has 23 heavy (non-hydrogen) atoms. The Hall–Kier alpha value is -1.62. The van der Waals surface area contributed by atoms with Gasteiger partial charge in [-0.1, -0.05) is 13.8 Å². The van der Waals surface area contributed by atoms with E-state index in [9.17, 15) is 4.79 Å². The van der Waals surface area contributed by atoms with Gasteiger partial charge in [0, 0.05) is 46.3 Å². The number of carbonyl (C=O) groups excluding carboxylic acids is 1. The second kappa shape index (κ2) is 7.77. The van der Waals surface area contributed by atoms with Crippen molar-refractivity contribution in [2.75, 3.05) is 45.7 Å². The van der Waals surface area contributed by atoms with E-state index < -0.39 is 0 Å². The highest BCUT2D eigenvalue weighted by atomic mass is 16.1. The summed E-state index contributed by atoms with van der Waals surface area (Å²) in [6.45, 7) is 7.80. The van der Waals surface area contributed by atoms with E-state index in [-0.39, 0.29) is 5.91 Å². The molecular formula is C18H30N4O. The van der Waals surface area contributed by atoms with Crippen LogP contribution in [-0.4, -0.2) is 56.6 Å². The van der Waals surface area contributed by atoms with Crippen LogP contribution >= 0.6 is 0 Å². The monoisotopic (exact) mass is 318 g/mol. The molecule has 0 aliphatic carbocycles. The van der Waals surface area contributed by atoms with Crippen LogP contribution in [0.25, 0.3) is 0 Å². The molecule has 1 aliphatic heterocycles. The van der Waals surface area contributed by atoms with Gasteiger partial charge in [-0.2, -0.15) is 0 Å². The number of pyridine rings is 1.